The first-order valence-electron chi connectivity index (χ1n) is 3.72. The first-order valence-corrected chi connectivity index (χ1v) is 3.72. The van der Waals surface area contributed by atoms with Crippen molar-refractivity contribution in [1.82, 2.24) is 0 Å². The molecule has 0 aliphatic heterocycles. The average Bonchev–Trinajstić information content (AvgIpc) is 2.55. The van der Waals surface area contributed by atoms with Crippen molar-refractivity contribution in [3.63, 3.8) is 0 Å². The zero-order valence-corrected chi connectivity index (χ0v) is 5.46. The molecule has 0 spiro atoms. The third kappa shape index (κ3) is 0.897. The topological polar surface area (TPSA) is 20.2 Å². The quantitative estimate of drug-likeness (QED) is 0.483. The molecule has 1 fully saturated rings. The Labute approximate surface area is 55.4 Å². The number of hydrogen-bond donors (Lipinski definition) is 1. The minimum atomic E-state index is 0.00463. The van der Waals surface area contributed by atoms with E-state index < -0.39 is 0 Å². The number of allylic oxidation sites excluding steroid dienone is 2. The van der Waals surface area contributed by atoms with E-state index in [0.717, 1.165) is 18.8 Å². The second kappa shape index (κ2) is 1.84. The molecule has 2 aliphatic carbocycles. The maximum Gasteiger partial charge on any atom is 0.0577 e. The molecule has 0 aromatic heterocycles. The summed E-state index contributed by atoms with van der Waals surface area (Å²) in [7, 11) is 0. The van der Waals surface area contributed by atoms with Crippen molar-refractivity contribution in [3.05, 3.63) is 12.2 Å². The minimum Gasteiger partial charge on any atom is -0.393 e. The van der Waals surface area contributed by atoms with Gasteiger partial charge in [0.05, 0.1) is 6.10 Å². The number of aliphatic hydroxyl groups is 1. The van der Waals surface area contributed by atoms with Gasteiger partial charge in [0, 0.05) is 0 Å². The summed E-state index contributed by atoms with van der Waals surface area (Å²) in [4.78, 5) is 0. The third-order valence-corrected chi connectivity index (χ3v) is 2.40. The number of fused-ring (bicyclic) bond motifs is 1. The summed E-state index contributed by atoms with van der Waals surface area (Å²) >= 11 is 0. The van der Waals surface area contributed by atoms with Crippen LogP contribution in [0, 0.1) is 11.8 Å². The van der Waals surface area contributed by atoms with Gasteiger partial charge in [-0.05, 0) is 31.1 Å². The van der Waals surface area contributed by atoms with Crippen molar-refractivity contribution in [1.29, 1.82) is 0 Å². The van der Waals surface area contributed by atoms with Gasteiger partial charge in [0.2, 0.25) is 0 Å². The van der Waals surface area contributed by atoms with Gasteiger partial charge in [-0.25, -0.2) is 0 Å². The van der Waals surface area contributed by atoms with Gasteiger partial charge in [0.25, 0.3) is 0 Å². The lowest BCUT2D eigenvalue weighted by atomic mass is 10.1. The van der Waals surface area contributed by atoms with E-state index in [2.05, 4.69) is 12.2 Å². The Morgan fingerprint density at radius 2 is 2.33 bits per heavy atom. The van der Waals surface area contributed by atoms with Crippen LogP contribution in [0.3, 0.4) is 0 Å². The molecule has 9 heavy (non-hydrogen) atoms. The Morgan fingerprint density at radius 3 is 3.22 bits per heavy atom. The molecule has 2 aliphatic rings. The average molecular weight is 124 g/mol. The minimum absolute atomic E-state index is 0.00463. The molecule has 2 rings (SSSR count). The van der Waals surface area contributed by atoms with Crippen molar-refractivity contribution in [2.45, 2.75) is 25.4 Å². The fourth-order valence-corrected chi connectivity index (χ4v) is 1.65. The molecule has 0 amide bonds. The zero-order valence-electron chi connectivity index (χ0n) is 5.46. The van der Waals surface area contributed by atoms with Crippen molar-refractivity contribution < 1.29 is 5.11 Å². The van der Waals surface area contributed by atoms with Gasteiger partial charge in [-0.15, -0.1) is 0 Å². The molecule has 3 atom stereocenters. The van der Waals surface area contributed by atoms with Crippen LogP contribution in [-0.2, 0) is 0 Å². The molecular weight excluding hydrogens is 112 g/mol. The molecule has 1 saturated carbocycles. The van der Waals surface area contributed by atoms with Crippen molar-refractivity contribution in [2.24, 2.45) is 11.8 Å². The van der Waals surface area contributed by atoms with Crippen LogP contribution >= 0.6 is 0 Å². The largest absolute Gasteiger partial charge is 0.393 e. The van der Waals surface area contributed by atoms with Gasteiger partial charge < -0.3 is 5.11 Å². The van der Waals surface area contributed by atoms with Crippen LogP contribution in [-0.4, -0.2) is 11.2 Å². The van der Waals surface area contributed by atoms with E-state index in [1.807, 2.05) is 0 Å². The van der Waals surface area contributed by atoms with E-state index in [-0.39, 0.29) is 6.10 Å². The summed E-state index contributed by atoms with van der Waals surface area (Å²) in [6.07, 6.45) is 7.77. The lowest BCUT2D eigenvalue weighted by Crippen LogP contribution is -2.08. The summed E-state index contributed by atoms with van der Waals surface area (Å²) in [5, 5.41) is 9.36. The highest BCUT2D eigenvalue weighted by Crippen LogP contribution is 2.45. The highest BCUT2D eigenvalue weighted by atomic mass is 16.3. The monoisotopic (exact) mass is 124 g/mol. The lowest BCUT2D eigenvalue weighted by Gasteiger charge is -2.03. The first kappa shape index (κ1) is 5.48. The first-order chi connectivity index (χ1) is 4.38. The number of aliphatic hydroxyl groups excluding tert-OH is 1. The van der Waals surface area contributed by atoms with Gasteiger partial charge >= 0.3 is 0 Å². The molecule has 50 valence electrons. The third-order valence-electron chi connectivity index (χ3n) is 2.40. The SMILES string of the molecule is O[C@@H]1CCC=C[C@@H]2C[C@H]12. The van der Waals surface area contributed by atoms with E-state index in [4.69, 9.17) is 0 Å². The van der Waals surface area contributed by atoms with E-state index in [0.29, 0.717) is 5.92 Å². The van der Waals surface area contributed by atoms with E-state index >= 15 is 0 Å². The van der Waals surface area contributed by atoms with E-state index in [1.165, 1.54) is 6.42 Å². The lowest BCUT2D eigenvalue weighted by molar-refractivity contribution is 0.141. The van der Waals surface area contributed by atoms with Crippen LogP contribution in [0.5, 0.6) is 0 Å². The fourth-order valence-electron chi connectivity index (χ4n) is 1.65. The smallest absolute Gasteiger partial charge is 0.0577 e. The van der Waals surface area contributed by atoms with Crippen LogP contribution in [0.4, 0.5) is 0 Å². The molecule has 0 aromatic carbocycles. The van der Waals surface area contributed by atoms with Crippen molar-refractivity contribution >= 4 is 0 Å². The van der Waals surface area contributed by atoms with E-state index in [9.17, 15) is 5.11 Å². The Balaban J connectivity index is 2.06. The molecule has 0 bridgehead atoms. The predicted octanol–water partition coefficient (Wildman–Crippen LogP) is 1.33. The normalized spacial score (nSPS) is 47.9. The number of rotatable bonds is 0. The Morgan fingerprint density at radius 1 is 1.44 bits per heavy atom. The van der Waals surface area contributed by atoms with Crippen LogP contribution in [0.15, 0.2) is 12.2 Å². The van der Waals surface area contributed by atoms with Crippen LogP contribution in [0.1, 0.15) is 19.3 Å². The summed E-state index contributed by atoms with van der Waals surface area (Å²) in [6.45, 7) is 0. The van der Waals surface area contributed by atoms with Gasteiger partial charge in [-0.2, -0.15) is 0 Å². The molecule has 1 heteroatoms. The van der Waals surface area contributed by atoms with Crippen molar-refractivity contribution in [3.8, 4) is 0 Å². The number of hydrogen-bond acceptors (Lipinski definition) is 1. The summed E-state index contributed by atoms with van der Waals surface area (Å²) in [5.74, 6) is 1.37. The van der Waals surface area contributed by atoms with Gasteiger partial charge in [0.1, 0.15) is 0 Å². The molecule has 1 N–H and O–H groups in total. The van der Waals surface area contributed by atoms with Crippen molar-refractivity contribution in [2.75, 3.05) is 0 Å². The summed E-state index contributed by atoms with van der Waals surface area (Å²) < 4.78 is 0. The predicted molar refractivity (Wildman–Crippen MR) is 36.0 cm³/mol. The molecule has 0 saturated heterocycles. The van der Waals surface area contributed by atoms with Crippen LogP contribution in [0.2, 0.25) is 0 Å². The van der Waals surface area contributed by atoms with E-state index in [1.54, 1.807) is 0 Å². The maximum atomic E-state index is 9.36. The summed E-state index contributed by atoms with van der Waals surface area (Å²) in [5.41, 5.74) is 0. The Hall–Kier alpha value is -0.300. The molecule has 1 nitrogen and oxygen atoms in total. The van der Waals surface area contributed by atoms with Gasteiger partial charge in [-0.3, -0.25) is 0 Å². The highest BCUT2D eigenvalue weighted by molar-refractivity contribution is 5.07. The maximum absolute atomic E-state index is 9.36. The molecule has 0 heterocycles. The second-order valence-corrected chi connectivity index (χ2v) is 3.14. The standard InChI is InChI=1S/C8H12O/c9-8-4-2-1-3-6-5-7(6)8/h1,3,6-9H,2,4-5H2/t6-,7+,8-/m1/s1. The highest BCUT2D eigenvalue weighted by Gasteiger charge is 2.40. The second-order valence-electron chi connectivity index (χ2n) is 3.14. The molecular formula is C8H12O. The summed E-state index contributed by atoms with van der Waals surface area (Å²) in [6, 6.07) is 0. The zero-order chi connectivity index (χ0) is 6.27. The van der Waals surface area contributed by atoms with Gasteiger partial charge in [-0.1, -0.05) is 12.2 Å². The van der Waals surface area contributed by atoms with Crippen LogP contribution in [0.25, 0.3) is 0 Å². The molecule has 0 radical (unpaired) electrons. The Kier molecular flexibility index (Phi) is 1.12. The van der Waals surface area contributed by atoms with Crippen LogP contribution < -0.4 is 0 Å². The Bertz CT molecular complexity index is 140. The molecule has 0 aromatic rings. The fraction of sp³-hybridized carbons (Fsp3) is 0.750. The van der Waals surface area contributed by atoms with Gasteiger partial charge in [0.15, 0.2) is 0 Å². The molecule has 0 unspecified atom stereocenters.